The fraction of sp³-hybridized carbons (Fsp3) is 0.269. The Labute approximate surface area is 225 Å². The minimum atomic E-state index is -4.13. The highest BCUT2D eigenvalue weighted by Gasteiger charge is 2.50. The summed E-state index contributed by atoms with van der Waals surface area (Å²) < 4.78 is 27.9. The summed E-state index contributed by atoms with van der Waals surface area (Å²) in [6.07, 6.45) is 4.11. The molecule has 3 aromatic rings. The molecule has 0 saturated carbocycles. The number of hydrogen-bond acceptors (Lipinski definition) is 5. The number of carboxylic acid groups (broad SMARTS) is 1. The predicted molar refractivity (Wildman–Crippen MR) is 141 cm³/mol. The van der Waals surface area contributed by atoms with E-state index in [0.29, 0.717) is 12.0 Å². The number of carbonyl (C=O) groups is 2. The molecule has 1 fully saturated rings. The quantitative estimate of drug-likeness (QED) is 0.420. The largest absolute Gasteiger partial charge is 0.480 e. The van der Waals surface area contributed by atoms with Gasteiger partial charge in [0.1, 0.15) is 11.6 Å². The number of nitrogens with one attached hydrogen (secondary N) is 1. The number of amides is 1. The maximum Gasteiger partial charge on any atom is 0.326 e. The number of rotatable bonds is 8. The van der Waals surface area contributed by atoms with E-state index in [4.69, 9.17) is 23.2 Å². The molecule has 1 aliphatic rings. The van der Waals surface area contributed by atoms with Gasteiger partial charge < -0.3 is 10.4 Å². The molecule has 4 rings (SSSR count). The molecule has 0 radical (unpaired) electrons. The number of carboxylic acids is 1. The molecule has 0 bridgehead atoms. The molecule has 11 heteroatoms. The van der Waals surface area contributed by atoms with Crippen molar-refractivity contribution in [3.63, 3.8) is 0 Å². The van der Waals surface area contributed by atoms with Crippen LogP contribution in [0, 0.1) is 0 Å². The van der Waals surface area contributed by atoms with Gasteiger partial charge in [-0.3, -0.25) is 9.78 Å². The van der Waals surface area contributed by atoms with E-state index in [1.807, 2.05) is 24.3 Å². The summed E-state index contributed by atoms with van der Waals surface area (Å²) in [5, 5.41) is 12.7. The van der Waals surface area contributed by atoms with Crippen LogP contribution in [-0.4, -0.2) is 52.8 Å². The summed E-state index contributed by atoms with van der Waals surface area (Å²) in [4.78, 5) is 29.4. The van der Waals surface area contributed by atoms with E-state index >= 15 is 0 Å². The molecule has 0 spiro atoms. The van der Waals surface area contributed by atoms with Crippen molar-refractivity contribution in [2.45, 2.75) is 42.7 Å². The van der Waals surface area contributed by atoms with Crippen LogP contribution < -0.4 is 5.32 Å². The Balaban J connectivity index is 1.53. The second-order valence-electron chi connectivity index (χ2n) is 9.07. The van der Waals surface area contributed by atoms with Crippen LogP contribution in [0.2, 0.25) is 10.0 Å². The molecule has 0 aliphatic carbocycles. The summed E-state index contributed by atoms with van der Waals surface area (Å²) in [6, 6.07) is 13.8. The molecular formula is C26H25Cl2N3O5S. The topological polar surface area (TPSA) is 117 Å². The van der Waals surface area contributed by atoms with Crippen LogP contribution in [0.15, 0.2) is 71.9 Å². The first-order chi connectivity index (χ1) is 17.5. The van der Waals surface area contributed by atoms with Crippen molar-refractivity contribution < 1.29 is 23.1 Å². The molecule has 2 heterocycles. The lowest BCUT2D eigenvalue weighted by Crippen LogP contribution is -2.58. The van der Waals surface area contributed by atoms with Crippen molar-refractivity contribution in [1.82, 2.24) is 14.6 Å². The lowest BCUT2D eigenvalue weighted by atomic mass is 9.97. The van der Waals surface area contributed by atoms with Gasteiger partial charge in [0.05, 0.1) is 4.90 Å². The molecule has 1 aromatic heterocycles. The highest BCUT2D eigenvalue weighted by atomic mass is 35.5. The fourth-order valence-electron chi connectivity index (χ4n) is 4.47. The number of benzene rings is 2. The van der Waals surface area contributed by atoms with E-state index < -0.39 is 33.5 Å². The first-order valence-electron chi connectivity index (χ1n) is 11.5. The highest BCUT2D eigenvalue weighted by molar-refractivity contribution is 7.89. The van der Waals surface area contributed by atoms with Crippen molar-refractivity contribution in [2.75, 3.05) is 6.54 Å². The van der Waals surface area contributed by atoms with Crippen LogP contribution in [0.25, 0.3) is 11.1 Å². The average Bonchev–Trinajstić information content (AvgIpc) is 3.27. The number of halogens is 2. The number of nitrogens with zero attached hydrogens (tertiary/aromatic N) is 2. The normalized spacial score (nSPS) is 18.9. The minimum absolute atomic E-state index is 0.0289. The Morgan fingerprint density at radius 3 is 2.38 bits per heavy atom. The van der Waals surface area contributed by atoms with Crippen molar-refractivity contribution in [1.29, 1.82) is 0 Å². The van der Waals surface area contributed by atoms with Gasteiger partial charge in [0.2, 0.25) is 15.9 Å². The SMILES string of the molecule is C[C@@]1(C(=O)NC(Cc2ccc(-c3cccnc3)cc2)C(=O)O)CCCN1S(=O)(=O)c1cc(Cl)cc(Cl)c1. The van der Waals surface area contributed by atoms with Crippen molar-refractivity contribution in [2.24, 2.45) is 0 Å². The summed E-state index contributed by atoms with van der Waals surface area (Å²) in [6.45, 7) is 1.60. The van der Waals surface area contributed by atoms with Gasteiger partial charge in [0, 0.05) is 35.4 Å². The first-order valence-corrected chi connectivity index (χ1v) is 13.7. The number of carbonyl (C=O) groups excluding carboxylic acids is 1. The van der Waals surface area contributed by atoms with Crippen LogP contribution in [0.3, 0.4) is 0 Å². The van der Waals surface area contributed by atoms with Crippen molar-refractivity contribution in [3.05, 3.63) is 82.6 Å². The highest BCUT2D eigenvalue weighted by Crippen LogP contribution is 2.36. The van der Waals surface area contributed by atoms with Crippen LogP contribution in [-0.2, 0) is 26.0 Å². The van der Waals surface area contributed by atoms with Crippen LogP contribution in [0.4, 0.5) is 0 Å². The first kappa shape index (κ1) is 27.1. The molecule has 2 aromatic carbocycles. The zero-order valence-corrected chi connectivity index (χ0v) is 22.2. The Bertz CT molecular complexity index is 1400. The maximum absolute atomic E-state index is 13.4. The number of pyridine rings is 1. The lowest BCUT2D eigenvalue weighted by Gasteiger charge is -2.34. The Hall–Kier alpha value is -2.98. The van der Waals surface area contributed by atoms with Gasteiger partial charge in [-0.2, -0.15) is 4.31 Å². The molecular weight excluding hydrogens is 537 g/mol. The minimum Gasteiger partial charge on any atom is -0.480 e. The smallest absolute Gasteiger partial charge is 0.326 e. The monoisotopic (exact) mass is 561 g/mol. The van der Waals surface area contributed by atoms with Gasteiger partial charge in [-0.1, -0.05) is 53.5 Å². The van der Waals surface area contributed by atoms with E-state index in [9.17, 15) is 23.1 Å². The van der Waals surface area contributed by atoms with E-state index in [1.54, 1.807) is 24.5 Å². The lowest BCUT2D eigenvalue weighted by molar-refractivity contribution is -0.143. The standard InChI is InChI=1S/C26H25Cl2N3O5S/c1-26(9-3-11-31(26)37(35,36)22-14-20(27)13-21(28)15-22)25(34)30-23(24(32)33)12-17-5-7-18(8-6-17)19-4-2-10-29-16-19/h2,4-8,10,13-16,23H,3,9,11-12H2,1H3,(H,30,34)(H,32,33)/t23?,26-/m0/s1. The summed E-state index contributed by atoms with van der Waals surface area (Å²) in [7, 11) is -4.13. The second kappa shape index (κ2) is 10.8. The third-order valence-electron chi connectivity index (χ3n) is 6.48. The van der Waals surface area contributed by atoms with Gasteiger partial charge in [0.25, 0.3) is 0 Å². The zero-order valence-electron chi connectivity index (χ0n) is 19.9. The summed E-state index contributed by atoms with van der Waals surface area (Å²) in [5.74, 6) is -1.90. The number of aromatic nitrogens is 1. The van der Waals surface area contributed by atoms with E-state index in [-0.39, 0.29) is 34.3 Å². The fourth-order valence-corrected chi connectivity index (χ4v) is 7.01. The van der Waals surface area contributed by atoms with Crippen LogP contribution >= 0.6 is 23.2 Å². The number of aliphatic carboxylic acids is 1. The predicted octanol–water partition coefficient (Wildman–Crippen LogP) is 4.41. The number of hydrogen-bond donors (Lipinski definition) is 2. The van der Waals surface area contributed by atoms with E-state index in [0.717, 1.165) is 15.4 Å². The summed E-state index contributed by atoms with van der Waals surface area (Å²) >= 11 is 12.0. The van der Waals surface area contributed by atoms with Crippen LogP contribution in [0.5, 0.6) is 0 Å². The third kappa shape index (κ3) is 5.80. The van der Waals surface area contributed by atoms with E-state index in [2.05, 4.69) is 10.3 Å². The maximum atomic E-state index is 13.4. The van der Waals surface area contributed by atoms with Gasteiger partial charge in [-0.05, 0) is 60.7 Å². The molecule has 1 aliphatic heterocycles. The molecule has 2 N–H and O–H groups in total. The zero-order chi connectivity index (χ0) is 26.8. The van der Waals surface area contributed by atoms with E-state index in [1.165, 1.54) is 25.1 Å². The van der Waals surface area contributed by atoms with Gasteiger partial charge in [-0.25, -0.2) is 13.2 Å². The molecule has 194 valence electrons. The molecule has 37 heavy (non-hydrogen) atoms. The Kier molecular flexibility index (Phi) is 7.89. The van der Waals surface area contributed by atoms with Crippen LogP contribution in [0.1, 0.15) is 25.3 Å². The van der Waals surface area contributed by atoms with Gasteiger partial charge >= 0.3 is 5.97 Å². The molecule has 2 atom stereocenters. The van der Waals surface area contributed by atoms with Gasteiger partial charge in [0.15, 0.2) is 0 Å². The molecule has 1 saturated heterocycles. The molecule has 1 amide bonds. The van der Waals surface area contributed by atoms with Gasteiger partial charge in [-0.15, -0.1) is 0 Å². The number of sulfonamides is 1. The average molecular weight is 562 g/mol. The second-order valence-corrected chi connectivity index (χ2v) is 11.8. The van der Waals surface area contributed by atoms with Crippen molar-refractivity contribution in [3.8, 4) is 11.1 Å². The third-order valence-corrected chi connectivity index (χ3v) is 8.91. The summed E-state index contributed by atoms with van der Waals surface area (Å²) in [5.41, 5.74) is 1.07. The molecule has 8 nitrogen and oxygen atoms in total. The van der Waals surface area contributed by atoms with Crippen molar-refractivity contribution >= 4 is 45.1 Å². The molecule has 1 unspecified atom stereocenters. The Morgan fingerprint density at radius 1 is 1.11 bits per heavy atom. The Morgan fingerprint density at radius 2 is 1.78 bits per heavy atom.